The maximum Gasteiger partial charge on any atom is 0.190 e. The van der Waals surface area contributed by atoms with Crippen LogP contribution in [0.3, 0.4) is 0 Å². The molecule has 1 saturated heterocycles. The highest BCUT2D eigenvalue weighted by atomic mass is 35.5. The van der Waals surface area contributed by atoms with Crippen molar-refractivity contribution in [1.29, 1.82) is 0 Å². The number of aromatic nitrogens is 2. The van der Waals surface area contributed by atoms with E-state index >= 15 is 0 Å². The van der Waals surface area contributed by atoms with Crippen molar-refractivity contribution in [3.8, 4) is 0 Å². The Morgan fingerprint density at radius 3 is 2.86 bits per heavy atom. The fraction of sp³-hybridized carbons (Fsp3) is 0.600. The summed E-state index contributed by atoms with van der Waals surface area (Å²) >= 11 is 9.97. The maximum atomic E-state index is 6.43. The largest absolute Gasteiger partial charge is 0.303 e. The molecule has 0 saturated carbocycles. The second-order valence-corrected chi connectivity index (χ2v) is 8.24. The van der Waals surface area contributed by atoms with E-state index in [1.807, 2.05) is 11.3 Å². The van der Waals surface area contributed by atoms with Crippen molar-refractivity contribution in [2.75, 3.05) is 25.4 Å². The lowest BCUT2D eigenvalue weighted by molar-refractivity contribution is 0.362. The molecule has 1 aliphatic heterocycles. The van der Waals surface area contributed by atoms with Gasteiger partial charge in [0.25, 0.3) is 0 Å². The lowest BCUT2D eigenvalue weighted by Crippen LogP contribution is -2.21. The molecule has 0 N–H and O–H groups in total. The fourth-order valence-electron chi connectivity index (χ4n) is 3.27. The Labute approximate surface area is 138 Å². The minimum Gasteiger partial charge on any atom is -0.303 e. The van der Waals surface area contributed by atoms with Gasteiger partial charge in [0.15, 0.2) is 5.16 Å². The first kappa shape index (κ1) is 14.2. The minimum absolute atomic E-state index is 0.656. The smallest absolute Gasteiger partial charge is 0.190 e. The van der Waals surface area contributed by atoms with Crippen LogP contribution in [0.1, 0.15) is 29.7 Å². The summed E-state index contributed by atoms with van der Waals surface area (Å²) in [7, 11) is 0. The van der Waals surface area contributed by atoms with Crippen LogP contribution in [0.2, 0.25) is 5.15 Å². The molecule has 112 valence electrons. The Morgan fingerprint density at radius 2 is 2.00 bits per heavy atom. The normalized spacial score (nSPS) is 18.7. The molecule has 1 fully saturated rings. The highest BCUT2D eigenvalue weighted by Gasteiger charge is 2.21. The van der Waals surface area contributed by atoms with Crippen molar-refractivity contribution in [3.05, 3.63) is 15.6 Å². The molecule has 21 heavy (non-hydrogen) atoms. The van der Waals surface area contributed by atoms with Gasteiger partial charge in [0.1, 0.15) is 9.98 Å². The van der Waals surface area contributed by atoms with Gasteiger partial charge in [-0.3, -0.25) is 0 Å². The molecule has 2 aromatic heterocycles. The molecular formula is C15H18ClN3S2. The molecule has 0 unspecified atom stereocenters. The molecule has 0 spiro atoms. The first-order chi connectivity index (χ1) is 10.3. The van der Waals surface area contributed by atoms with Crippen LogP contribution < -0.4 is 0 Å². The van der Waals surface area contributed by atoms with Crippen molar-refractivity contribution in [2.45, 2.75) is 37.3 Å². The molecule has 2 aliphatic rings. The summed E-state index contributed by atoms with van der Waals surface area (Å²) in [6.07, 6.45) is 6.27. The molecule has 0 atom stereocenters. The van der Waals surface area contributed by atoms with Gasteiger partial charge in [-0.05, 0) is 50.8 Å². The van der Waals surface area contributed by atoms with Crippen LogP contribution in [0.4, 0.5) is 0 Å². The number of likely N-dealkylation sites (tertiary alicyclic amines) is 1. The van der Waals surface area contributed by atoms with E-state index in [1.54, 1.807) is 11.8 Å². The van der Waals surface area contributed by atoms with E-state index in [2.05, 4.69) is 9.88 Å². The Morgan fingerprint density at radius 1 is 1.14 bits per heavy atom. The zero-order chi connectivity index (χ0) is 14.2. The molecule has 0 amide bonds. The number of thioether (sulfide) groups is 1. The molecule has 6 heteroatoms. The number of hydrogen-bond donors (Lipinski definition) is 0. The van der Waals surface area contributed by atoms with Crippen LogP contribution in [-0.2, 0) is 12.8 Å². The van der Waals surface area contributed by atoms with Crippen LogP contribution in [0.5, 0.6) is 0 Å². The molecular weight excluding hydrogens is 322 g/mol. The zero-order valence-electron chi connectivity index (χ0n) is 11.9. The molecule has 4 rings (SSSR count). The van der Waals surface area contributed by atoms with Crippen LogP contribution in [0, 0.1) is 0 Å². The summed E-state index contributed by atoms with van der Waals surface area (Å²) in [6, 6.07) is 0. The molecule has 0 radical (unpaired) electrons. The SMILES string of the molecule is Clc1nc(SCCN2CCCC2)nc2sc3c(c12)CCC3. The van der Waals surface area contributed by atoms with E-state index in [4.69, 9.17) is 16.6 Å². The molecule has 3 nitrogen and oxygen atoms in total. The summed E-state index contributed by atoms with van der Waals surface area (Å²) in [5.41, 5.74) is 1.41. The van der Waals surface area contributed by atoms with E-state index in [0.717, 1.165) is 34.1 Å². The quantitative estimate of drug-likeness (QED) is 0.478. The third kappa shape index (κ3) is 2.81. The van der Waals surface area contributed by atoms with Gasteiger partial charge in [0.05, 0.1) is 5.39 Å². The van der Waals surface area contributed by atoms with Gasteiger partial charge >= 0.3 is 0 Å². The Hall–Kier alpha value is -0.360. The second-order valence-electron chi connectivity index (χ2n) is 5.73. The highest BCUT2D eigenvalue weighted by molar-refractivity contribution is 7.99. The number of thiophene rings is 1. The van der Waals surface area contributed by atoms with Crippen molar-refractivity contribution >= 4 is 44.9 Å². The van der Waals surface area contributed by atoms with Gasteiger partial charge in [-0.1, -0.05) is 23.4 Å². The van der Waals surface area contributed by atoms with E-state index in [-0.39, 0.29) is 0 Å². The van der Waals surface area contributed by atoms with Crippen LogP contribution >= 0.6 is 34.7 Å². The third-order valence-corrected chi connectivity index (χ3v) is 6.62. The number of hydrogen-bond acceptors (Lipinski definition) is 5. The fourth-order valence-corrected chi connectivity index (χ4v) is 5.82. The van der Waals surface area contributed by atoms with Gasteiger partial charge in [-0.25, -0.2) is 9.97 Å². The first-order valence-electron chi connectivity index (χ1n) is 7.64. The van der Waals surface area contributed by atoms with Crippen LogP contribution in [-0.4, -0.2) is 40.3 Å². The van der Waals surface area contributed by atoms with Gasteiger partial charge < -0.3 is 4.90 Å². The minimum atomic E-state index is 0.656. The van der Waals surface area contributed by atoms with Gasteiger partial charge in [-0.2, -0.15) is 0 Å². The summed E-state index contributed by atoms with van der Waals surface area (Å²) in [4.78, 5) is 14.3. The average molecular weight is 340 g/mol. The Bertz CT molecular complexity index is 664. The Balaban J connectivity index is 1.50. The second kappa shape index (κ2) is 6.03. The number of halogens is 1. The van der Waals surface area contributed by atoms with Gasteiger partial charge in [0.2, 0.25) is 0 Å². The Kier molecular flexibility index (Phi) is 4.09. The number of fused-ring (bicyclic) bond motifs is 3. The molecule has 0 aromatic carbocycles. The van der Waals surface area contributed by atoms with Gasteiger partial charge in [-0.15, -0.1) is 11.3 Å². The number of aryl methyl sites for hydroxylation is 2. The topological polar surface area (TPSA) is 29.0 Å². The molecule has 2 aromatic rings. The molecule has 0 bridgehead atoms. The van der Waals surface area contributed by atoms with E-state index in [9.17, 15) is 0 Å². The van der Waals surface area contributed by atoms with E-state index < -0.39 is 0 Å². The monoisotopic (exact) mass is 339 g/mol. The van der Waals surface area contributed by atoms with E-state index in [1.165, 1.54) is 49.2 Å². The van der Waals surface area contributed by atoms with Crippen molar-refractivity contribution in [1.82, 2.24) is 14.9 Å². The summed E-state index contributed by atoms with van der Waals surface area (Å²) in [5.74, 6) is 1.05. The highest BCUT2D eigenvalue weighted by Crippen LogP contribution is 2.39. The van der Waals surface area contributed by atoms with Crippen molar-refractivity contribution in [2.24, 2.45) is 0 Å². The van der Waals surface area contributed by atoms with E-state index in [0.29, 0.717) is 5.15 Å². The first-order valence-corrected chi connectivity index (χ1v) is 9.82. The average Bonchev–Trinajstić information content (AvgIpc) is 3.13. The predicted octanol–water partition coefficient (Wildman–Crippen LogP) is 4.02. The number of nitrogens with zero attached hydrogens (tertiary/aromatic N) is 3. The summed E-state index contributed by atoms with van der Waals surface area (Å²) in [5, 5.41) is 2.62. The predicted molar refractivity (Wildman–Crippen MR) is 90.8 cm³/mol. The van der Waals surface area contributed by atoms with Crippen LogP contribution in [0.25, 0.3) is 10.2 Å². The standard InChI is InChI=1S/C15H18ClN3S2/c16-13-12-10-4-3-5-11(10)21-14(12)18-15(17-13)20-9-8-19-6-1-2-7-19/h1-9H2. The van der Waals surface area contributed by atoms with Crippen LogP contribution in [0.15, 0.2) is 5.16 Å². The lowest BCUT2D eigenvalue weighted by Gasteiger charge is -2.13. The summed E-state index contributed by atoms with van der Waals surface area (Å²) < 4.78 is 0. The zero-order valence-corrected chi connectivity index (χ0v) is 14.3. The number of rotatable bonds is 4. The molecule has 3 heterocycles. The third-order valence-electron chi connectivity index (χ3n) is 4.34. The maximum absolute atomic E-state index is 6.43. The van der Waals surface area contributed by atoms with Gasteiger partial charge in [0, 0.05) is 17.2 Å². The lowest BCUT2D eigenvalue weighted by atomic mass is 10.2. The molecule has 1 aliphatic carbocycles. The van der Waals surface area contributed by atoms with Crippen molar-refractivity contribution < 1.29 is 0 Å². The summed E-state index contributed by atoms with van der Waals surface area (Å²) in [6.45, 7) is 3.63. The van der Waals surface area contributed by atoms with Crippen molar-refractivity contribution in [3.63, 3.8) is 0 Å².